The van der Waals surface area contributed by atoms with Gasteiger partial charge in [0, 0.05) is 18.4 Å². The third-order valence-electron chi connectivity index (χ3n) is 3.60. The van der Waals surface area contributed by atoms with Crippen LogP contribution in [0.15, 0.2) is 28.8 Å². The van der Waals surface area contributed by atoms with Crippen LogP contribution < -0.4 is 5.73 Å². The van der Waals surface area contributed by atoms with Crippen LogP contribution in [0.5, 0.6) is 5.75 Å². The number of nitrogens with two attached hydrogens (primary N) is 1. The summed E-state index contributed by atoms with van der Waals surface area (Å²) in [7, 11) is 0. The molecule has 2 atom stereocenters. The van der Waals surface area contributed by atoms with Crippen molar-refractivity contribution in [2.75, 3.05) is 0 Å². The van der Waals surface area contributed by atoms with E-state index < -0.39 is 0 Å². The maximum Gasteiger partial charge on any atom is 0.229 e. The molecule has 1 fully saturated rings. The predicted octanol–water partition coefficient (Wildman–Crippen LogP) is 1.96. The topological polar surface area (TPSA) is 85.2 Å². The van der Waals surface area contributed by atoms with E-state index in [1.54, 1.807) is 12.1 Å². The highest BCUT2D eigenvalue weighted by molar-refractivity contribution is 5.27. The van der Waals surface area contributed by atoms with E-state index >= 15 is 0 Å². The maximum atomic E-state index is 9.23. The number of aromatic nitrogens is 2. The molecule has 1 heterocycles. The van der Waals surface area contributed by atoms with Crippen LogP contribution in [0.4, 0.5) is 0 Å². The van der Waals surface area contributed by atoms with Gasteiger partial charge in [0.1, 0.15) is 5.75 Å². The summed E-state index contributed by atoms with van der Waals surface area (Å²) in [4.78, 5) is 4.45. The van der Waals surface area contributed by atoms with E-state index in [-0.39, 0.29) is 11.8 Å². The summed E-state index contributed by atoms with van der Waals surface area (Å²) in [6.07, 6.45) is 3.60. The molecule has 1 aliphatic carbocycles. The Hall–Kier alpha value is -1.88. The molecule has 3 N–H and O–H groups in total. The van der Waals surface area contributed by atoms with Crippen LogP contribution in [0.1, 0.15) is 42.5 Å². The highest BCUT2D eigenvalue weighted by Crippen LogP contribution is 2.32. The van der Waals surface area contributed by atoms with Crippen molar-refractivity contribution in [2.24, 2.45) is 5.73 Å². The van der Waals surface area contributed by atoms with Gasteiger partial charge in [-0.05, 0) is 37.0 Å². The highest BCUT2D eigenvalue weighted by Gasteiger charge is 2.27. The summed E-state index contributed by atoms with van der Waals surface area (Å²) in [5, 5.41) is 13.2. The molecule has 0 aliphatic heterocycles. The van der Waals surface area contributed by atoms with Crippen molar-refractivity contribution in [2.45, 2.75) is 37.6 Å². The average molecular weight is 259 g/mol. The summed E-state index contributed by atoms with van der Waals surface area (Å²) in [5.41, 5.74) is 6.94. The number of hydrogen-bond acceptors (Lipinski definition) is 5. The second-order valence-corrected chi connectivity index (χ2v) is 5.16. The van der Waals surface area contributed by atoms with Gasteiger partial charge in [0.25, 0.3) is 0 Å². The van der Waals surface area contributed by atoms with E-state index in [1.165, 1.54) is 0 Å². The van der Waals surface area contributed by atoms with Crippen molar-refractivity contribution in [3.8, 4) is 5.75 Å². The molecule has 2 aromatic rings. The zero-order valence-corrected chi connectivity index (χ0v) is 10.6. The number of hydrogen-bond donors (Lipinski definition) is 2. The highest BCUT2D eigenvalue weighted by atomic mass is 16.5. The summed E-state index contributed by atoms with van der Waals surface area (Å²) in [6, 6.07) is 7.30. The fourth-order valence-corrected chi connectivity index (χ4v) is 2.54. The van der Waals surface area contributed by atoms with Gasteiger partial charge in [-0.1, -0.05) is 17.3 Å². The van der Waals surface area contributed by atoms with Gasteiger partial charge in [-0.15, -0.1) is 0 Å². The van der Waals surface area contributed by atoms with Crippen LogP contribution in [0, 0.1) is 0 Å². The van der Waals surface area contributed by atoms with Crippen LogP contribution in [-0.2, 0) is 6.42 Å². The standard InChI is InChI=1S/C14H17N3O2/c15-11-4-3-10(8-11)14-16-13(17-19-14)7-9-1-5-12(18)6-2-9/h1-2,5-6,10-11,18H,3-4,7-8,15H2/t10-,11+/m1/s1. The third-order valence-corrected chi connectivity index (χ3v) is 3.60. The van der Waals surface area contributed by atoms with Crippen molar-refractivity contribution in [1.82, 2.24) is 10.1 Å². The lowest BCUT2D eigenvalue weighted by Gasteiger charge is -2.01. The monoisotopic (exact) mass is 259 g/mol. The van der Waals surface area contributed by atoms with Crippen molar-refractivity contribution in [3.63, 3.8) is 0 Å². The second-order valence-electron chi connectivity index (χ2n) is 5.16. The first kappa shape index (κ1) is 12.2. The zero-order valence-electron chi connectivity index (χ0n) is 10.6. The minimum absolute atomic E-state index is 0.262. The molecule has 5 heteroatoms. The van der Waals surface area contributed by atoms with Crippen molar-refractivity contribution >= 4 is 0 Å². The molecule has 0 radical (unpaired) electrons. The molecular formula is C14H17N3O2. The van der Waals surface area contributed by atoms with Gasteiger partial charge in [-0.2, -0.15) is 4.98 Å². The van der Waals surface area contributed by atoms with Gasteiger partial charge in [-0.3, -0.25) is 0 Å². The lowest BCUT2D eigenvalue weighted by molar-refractivity contribution is 0.350. The molecule has 5 nitrogen and oxygen atoms in total. The van der Waals surface area contributed by atoms with Crippen molar-refractivity contribution in [1.29, 1.82) is 0 Å². The van der Waals surface area contributed by atoms with Crippen LogP contribution in [0.25, 0.3) is 0 Å². The maximum absolute atomic E-state index is 9.23. The summed E-state index contributed by atoms with van der Waals surface area (Å²) >= 11 is 0. The van der Waals surface area contributed by atoms with Crippen LogP contribution >= 0.6 is 0 Å². The molecule has 1 saturated carbocycles. The van der Waals surface area contributed by atoms with E-state index in [0.717, 1.165) is 24.8 Å². The van der Waals surface area contributed by atoms with E-state index in [9.17, 15) is 5.11 Å². The second kappa shape index (κ2) is 5.01. The predicted molar refractivity (Wildman–Crippen MR) is 69.8 cm³/mol. The minimum atomic E-state index is 0.262. The SMILES string of the molecule is N[C@H]1CC[C@@H](c2nc(Cc3ccc(O)cc3)no2)C1. The largest absolute Gasteiger partial charge is 0.508 e. The van der Waals surface area contributed by atoms with Gasteiger partial charge in [0.15, 0.2) is 5.82 Å². The Balaban J connectivity index is 1.69. The zero-order chi connectivity index (χ0) is 13.2. The average Bonchev–Trinajstić information content (AvgIpc) is 3.01. The van der Waals surface area contributed by atoms with Gasteiger partial charge in [-0.25, -0.2) is 0 Å². The number of nitrogens with zero attached hydrogens (tertiary/aromatic N) is 2. The molecule has 0 unspecified atom stereocenters. The molecule has 100 valence electrons. The Morgan fingerprint density at radius 3 is 2.74 bits per heavy atom. The van der Waals surface area contributed by atoms with Gasteiger partial charge < -0.3 is 15.4 Å². The Kier molecular flexibility index (Phi) is 3.21. The Labute approximate surface area is 111 Å². The fourth-order valence-electron chi connectivity index (χ4n) is 2.54. The molecular weight excluding hydrogens is 242 g/mol. The first-order valence-electron chi connectivity index (χ1n) is 6.56. The molecule has 0 spiro atoms. The van der Waals surface area contributed by atoms with Gasteiger partial charge in [0.2, 0.25) is 5.89 Å². The minimum Gasteiger partial charge on any atom is -0.508 e. The van der Waals surface area contributed by atoms with Gasteiger partial charge >= 0.3 is 0 Å². The molecule has 0 amide bonds. The number of benzene rings is 1. The number of rotatable bonds is 3. The smallest absolute Gasteiger partial charge is 0.229 e. The molecule has 3 rings (SSSR count). The number of phenols is 1. The van der Waals surface area contributed by atoms with Crippen molar-refractivity contribution in [3.05, 3.63) is 41.5 Å². The lowest BCUT2D eigenvalue weighted by Crippen LogP contribution is -2.14. The molecule has 19 heavy (non-hydrogen) atoms. The summed E-state index contributed by atoms with van der Waals surface area (Å²) < 4.78 is 5.33. The van der Waals surface area contributed by atoms with Crippen LogP contribution in [0.3, 0.4) is 0 Å². The molecule has 1 aliphatic rings. The molecule has 1 aromatic carbocycles. The Morgan fingerprint density at radius 2 is 2.05 bits per heavy atom. The normalized spacial score (nSPS) is 22.8. The summed E-state index contributed by atoms with van der Waals surface area (Å²) in [6.45, 7) is 0. The van der Waals surface area contributed by atoms with Crippen LogP contribution in [0.2, 0.25) is 0 Å². The van der Waals surface area contributed by atoms with Crippen molar-refractivity contribution < 1.29 is 9.63 Å². The Morgan fingerprint density at radius 1 is 1.26 bits per heavy atom. The first-order chi connectivity index (χ1) is 9.20. The molecule has 1 aromatic heterocycles. The van der Waals surface area contributed by atoms with E-state index in [2.05, 4.69) is 10.1 Å². The number of aromatic hydroxyl groups is 1. The third kappa shape index (κ3) is 2.76. The molecule has 0 saturated heterocycles. The Bertz CT molecular complexity index is 550. The molecule has 0 bridgehead atoms. The van der Waals surface area contributed by atoms with E-state index in [1.807, 2.05) is 12.1 Å². The van der Waals surface area contributed by atoms with Crippen LogP contribution in [-0.4, -0.2) is 21.3 Å². The lowest BCUT2D eigenvalue weighted by atomic mass is 10.1. The van der Waals surface area contributed by atoms with Gasteiger partial charge in [0.05, 0.1) is 0 Å². The van der Waals surface area contributed by atoms with E-state index in [4.69, 9.17) is 10.3 Å². The first-order valence-corrected chi connectivity index (χ1v) is 6.56. The fraction of sp³-hybridized carbons (Fsp3) is 0.429. The van der Waals surface area contributed by atoms with E-state index in [0.29, 0.717) is 24.1 Å². The number of phenolic OH excluding ortho intramolecular Hbond substituents is 1. The quantitative estimate of drug-likeness (QED) is 0.880. The summed E-state index contributed by atoms with van der Waals surface area (Å²) in [5.74, 6) is 1.97.